The molecule has 0 aliphatic carbocycles. The maximum atomic E-state index is 7.13. The SMILES string of the molecule is CCCC[Si](CCCC)(CCCC)O[C@H](c1ccccc1)C(C)C. The molecule has 1 aromatic rings. The van der Waals surface area contributed by atoms with Gasteiger partial charge in [0.25, 0.3) is 0 Å². The van der Waals surface area contributed by atoms with Crippen molar-refractivity contribution in [3.05, 3.63) is 35.9 Å². The van der Waals surface area contributed by atoms with E-state index >= 15 is 0 Å². The Morgan fingerprint density at radius 3 is 1.62 bits per heavy atom. The second-order valence-corrected chi connectivity index (χ2v) is 11.8. The van der Waals surface area contributed by atoms with Crippen LogP contribution < -0.4 is 0 Å². The number of unbranched alkanes of at least 4 members (excludes halogenated alkanes) is 3. The molecule has 0 unspecified atom stereocenters. The fourth-order valence-corrected chi connectivity index (χ4v) is 8.59. The summed E-state index contributed by atoms with van der Waals surface area (Å²) in [4.78, 5) is 0. The van der Waals surface area contributed by atoms with Gasteiger partial charge in [-0.1, -0.05) is 103 Å². The van der Waals surface area contributed by atoms with Crippen molar-refractivity contribution in [2.24, 2.45) is 5.92 Å². The molecule has 0 aliphatic heterocycles. The number of hydrogen-bond donors (Lipinski definition) is 0. The van der Waals surface area contributed by atoms with Crippen LogP contribution in [-0.4, -0.2) is 8.32 Å². The lowest BCUT2D eigenvalue weighted by Crippen LogP contribution is -2.40. The summed E-state index contributed by atoms with van der Waals surface area (Å²) in [5, 5.41) is 0. The molecule has 1 nitrogen and oxygen atoms in total. The van der Waals surface area contributed by atoms with Crippen LogP contribution >= 0.6 is 0 Å². The monoisotopic (exact) mass is 348 g/mol. The van der Waals surface area contributed by atoms with Gasteiger partial charge in [0, 0.05) is 0 Å². The van der Waals surface area contributed by atoms with E-state index in [-0.39, 0.29) is 6.10 Å². The summed E-state index contributed by atoms with van der Waals surface area (Å²) in [5.74, 6) is 0.532. The fourth-order valence-electron chi connectivity index (χ4n) is 3.55. The van der Waals surface area contributed by atoms with Crippen LogP contribution in [0.15, 0.2) is 30.3 Å². The molecule has 1 aromatic carbocycles. The molecule has 0 bridgehead atoms. The minimum absolute atomic E-state index is 0.267. The van der Waals surface area contributed by atoms with Gasteiger partial charge < -0.3 is 4.43 Å². The molecule has 0 amide bonds. The van der Waals surface area contributed by atoms with Crippen molar-refractivity contribution < 1.29 is 4.43 Å². The van der Waals surface area contributed by atoms with E-state index in [4.69, 9.17) is 4.43 Å². The van der Waals surface area contributed by atoms with Crippen LogP contribution in [0.3, 0.4) is 0 Å². The Hall–Kier alpha value is -0.603. The topological polar surface area (TPSA) is 9.23 Å². The van der Waals surface area contributed by atoms with Crippen molar-refractivity contribution in [1.82, 2.24) is 0 Å². The van der Waals surface area contributed by atoms with Gasteiger partial charge in [-0.15, -0.1) is 0 Å². The fraction of sp³-hybridized carbons (Fsp3) is 0.727. The molecule has 2 heteroatoms. The molecule has 1 atom stereocenters. The maximum Gasteiger partial charge on any atom is 0.193 e. The predicted octanol–water partition coefficient (Wildman–Crippen LogP) is 7.75. The summed E-state index contributed by atoms with van der Waals surface area (Å²) in [5.41, 5.74) is 1.37. The smallest absolute Gasteiger partial charge is 0.193 e. The third kappa shape index (κ3) is 7.10. The van der Waals surface area contributed by atoms with Crippen LogP contribution in [0.2, 0.25) is 18.1 Å². The first-order valence-corrected chi connectivity index (χ1v) is 12.8. The van der Waals surface area contributed by atoms with Crippen LogP contribution in [-0.2, 0) is 4.43 Å². The lowest BCUT2D eigenvalue weighted by molar-refractivity contribution is 0.137. The van der Waals surface area contributed by atoms with Crippen molar-refractivity contribution >= 4 is 8.32 Å². The zero-order chi connectivity index (χ0) is 17.8. The lowest BCUT2D eigenvalue weighted by atomic mass is 9.99. The van der Waals surface area contributed by atoms with Crippen molar-refractivity contribution in [3.63, 3.8) is 0 Å². The lowest BCUT2D eigenvalue weighted by Gasteiger charge is -2.38. The highest BCUT2D eigenvalue weighted by Gasteiger charge is 2.36. The van der Waals surface area contributed by atoms with E-state index in [9.17, 15) is 0 Å². The zero-order valence-electron chi connectivity index (χ0n) is 16.8. The van der Waals surface area contributed by atoms with Gasteiger partial charge in [-0.05, 0) is 29.6 Å². The summed E-state index contributed by atoms with van der Waals surface area (Å²) in [7, 11) is -1.67. The van der Waals surface area contributed by atoms with E-state index in [1.165, 1.54) is 62.2 Å². The number of benzene rings is 1. The van der Waals surface area contributed by atoms with Crippen molar-refractivity contribution in [2.45, 2.75) is 97.4 Å². The summed E-state index contributed by atoms with van der Waals surface area (Å²) >= 11 is 0. The summed E-state index contributed by atoms with van der Waals surface area (Å²) in [6, 6.07) is 15.0. The molecule has 138 valence electrons. The summed E-state index contributed by atoms with van der Waals surface area (Å²) in [6.07, 6.45) is 8.12. The number of rotatable bonds is 13. The molecule has 0 saturated carbocycles. The average molecular weight is 349 g/mol. The van der Waals surface area contributed by atoms with E-state index in [2.05, 4.69) is 65.0 Å². The first kappa shape index (κ1) is 21.4. The maximum absolute atomic E-state index is 7.13. The van der Waals surface area contributed by atoms with E-state index in [0.29, 0.717) is 5.92 Å². The van der Waals surface area contributed by atoms with Crippen LogP contribution in [0.1, 0.15) is 84.8 Å². The van der Waals surface area contributed by atoms with Crippen LogP contribution in [0.25, 0.3) is 0 Å². The Balaban J connectivity index is 3.03. The van der Waals surface area contributed by atoms with Crippen LogP contribution in [0.5, 0.6) is 0 Å². The van der Waals surface area contributed by atoms with Gasteiger partial charge in [-0.3, -0.25) is 0 Å². The molecular formula is C22H40OSi. The van der Waals surface area contributed by atoms with Crippen molar-refractivity contribution in [1.29, 1.82) is 0 Å². The number of hydrogen-bond acceptors (Lipinski definition) is 1. The van der Waals surface area contributed by atoms with E-state index in [1.54, 1.807) is 0 Å². The minimum atomic E-state index is -1.67. The molecule has 0 heterocycles. The van der Waals surface area contributed by atoms with E-state index < -0.39 is 8.32 Å². The standard InChI is InChI=1S/C22H40OSi/c1-6-9-17-24(18-10-7-2,19-11-8-3)23-22(20(4)5)21-15-13-12-14-16-21/h12-16,20,22H,6-11,17-19H2,1-5H3/t22-/m0/s1. The molecule has 0 radical (unpaired) electrons. The largest absolute Gasteiger partial charge is 0.410 e. The second kappa shape index (κ2) is 11.9. The van der Waals surface area contributed by atoms with Gasteiger partial charge in [0.2, 0.25) is 0 Å². The first-order chi connectivity index (χ1) is 11.6. The highest BCUT2D eigenvalue weighted by atomic mass is 28.4. The molecule has 0 spiro atoms. The van der Waals surface area contributed by atoms with Crippen molar-refractivity contribution in [3.8, 4) is 0 Å². The Labute approximate surface area is 152 Å². The van der Waals surface area contributed by atoms with Crippen LogP contribution in [0, 0.1) is 5.92 Å². The molecule has 0 aliphatic rings. The average Bonchev–Trinajstić information content (AvgIpc) is 2.61. The second-order valence-electron chi connectivity index (χ2n) is 7.69. The Morgan fingerprint density at radius 1 is 0.792 bits per heavy atom. The van der Waals surface area contributed by atoms with Gasteiger partial charge in [0.15, 0.2) is 8.32 Å². The Morgan fingerprint density at radius 2 is 1.25 bits per heavy atom. The molecular weight excluding hydrogens is 308 g/mol. The summed E-state index contributed by atoms with van der Waals surface area (Å²) in [6.45, 7) is 11.6. The first-order valence-electron chi connectivity index (χ1n) is 10.3. The van der Waals surface area contributed by atoms with E-state index in [0.717, 1.165) is 0 Å². The highest BCUT2D eigenvalue weighted by molar-refractivity contribution is 6.73. The van der Waals surface area contributed by atoms with E-state index in [1.807, 2.05) is 0 Å². The summed E-state index contributed by atoms with van der Waals surface area (Å²) < 4.78 is 7.13. The molecule has 0 aromatic heterocycles. The zero-order valence-corrected chi connectivity index (χ0v) is 17.8. The quantitative estimate of drug-likeness (QED) is 0.331. The Kier molecular flexibility index (Phi) is 10.6. The van der Waals surface area contributed by atoms with Gasteiger partial charge in [-0.25, -0.2) is 0 Å². The molecule has 24 heavy (non-hydrogen) atoms. The molecule has 0 fully saturated rings. The van der Waals surface area contributed by atoms with Crippen molar-refractivity contribution in [2.75, 3.05) is 0 Å². The molecule has 0 saturated heterocycles. The normalized spacial score (nSPS) is 13.4. The highest BCUT2D eigenvalue weighted by Crippen LogP contribution is 2.37. The minimum Gasteiger partial charge on any atom is -0.410 e. The Bertz CT molecular complexity index is 393. The van der Waals surface area contributed by atoms with Gasteiger partial charge in [-0.2, -0.15) is 0 Å². The van der Waals surface area contributed by atoms with Gasteiger partial charge >= 0.3 is 0 Å². The molecule has 1 rings (SSSR count). The third-order valence-electron chi connectivity index (χ3n) is 5.07. The van der Waals surface area contributed by atoms with Gasteiger partial charge in [0.05, 0.1) is 6.10 Å². The van der Waals surface area contributed by atoms with Gasteiger partial charge in [0.1, 0.15) is 0 Å². The van der Waals surface area contributed by atoms with Crippen LogP contribution in [0.4, 0.5) is 0 Å². The predicted molar refractivity (Wildman–Crippen MR) is 110 cm³/mol. The third-order valence-corrected chi connectivity index (χ3v) is 9.62. The molecule has 0 N–H and O–H groups in total.